The number of hydrogen-bond donors (Lipinski definition) is 1. The SMILES string of the molecule is C[C@H](O[Si](C)(C)C(C)(C)C)[C@@H](CCOc1cccc(-c2cccs2)c1)n1cnc(C(N)=O)c1. The quantitative estimate of drug-likeness (QED) is 0.350. The third kappa shape index (κ3) is 6.34. The summed E-state index contributed by atoms with van der Waals surface area (Å²) >= 11 is 1.71. The van der Waals surface area contributed by atoms with Gasteiger partial charge in [0.15, 0.2) is 8.32 Å². The number of hydrogen-bond acceptors (Lipinski definition) is 5. The average molecular weight is 486 g/mol. The van der Waals surface area contributed by atoms with Crippen LogP contribution in [0, 0.1) is 0 Å². The number of ether oxygens (including phenoxy) is 1. The third-order valence-electron chi connectivity index (χ3n) is 6.39. The Bertz CT molecular complexity index is 1060. The van der Waals surface area contributed by atoms with Crippen LogP contribution in [0.5, 0.6) is 5.75 Å². The molecule has 0 spiro atoms. The van der Waals surface area contributed by atoms with E-state index in [1.165, 1.54) is 4.88 Å². The van der Waals surface area contributed by atoms with Crippen LogP contribution in [-0.4, -0.2) is 36.5 Å². The van der Waals surface area contributed by atoms with E-state index in [9.17, 15) is 4.79 Å². The van der Waals surface area contributed by atoms with E-state index in [2.05, 4.69) is 69.4 Å². The summed E-state index contributed by atoms with van der Waals surface area (Å²) in [5.41, 5.74) is 6.83. The summed E-state index contributed by atoms with van der Waals surface area (Å²) in [4.78, 5) is 17.0. The van der Waals surface area contributed by atoms with E-state index in [0.717, 1.165) is 11.3 Å². The predicted octanol–water partition coefficient (Wildman–Crippen LogP) is 6.13. The van der Waals surface area contributed by atoms with Gasteiger partial charge in [-0.3, -0.25) is 4.79 Å². The van der Waals surface area contributed by atoms with Gasteiger partial charge in [0.25, 0.3) is 5.91 Å². The summed E-state index contributed by atoms with van der Waals surface area (Å²) in [5.74, 6) is 0.299. The number of benzene rings is 1. The van der Waals surface area contributed by atoms with Crippen molar-refractivity contribution in [2.24, 2.45) is 5.73 Å². The molecule has 0 bridgehead atoms. The number of imidazole rings is 1. The standard InChI is InChI=1S/C25H35N3O3SSi/c1-18(31-33(5,6)25(2,3)4)22(28-16-21(24(26)29)27-17-28)12-13-30-20-10-7-9-19(15-20)23-11-8-14-32-23/h7-11,14-18,22H,12-13H2,1-6H3,(H2,26,29)/t18-,22+/m0/s1. The fourth-order valence-electron chi connectivity index (χ4n) is 3.47. The van der Waals surface area contributed by atoms with Crippen molar-refractivity contribution >= 4 is 25.6 Å². The van der Waals surface area contributed by atoms with E-state index < -0.39 is 14.2 Å². The van der Waals surface area contributed by atoms with Crippen LogP contribution in [0.1, 0.15) is 50.6 Å². The molecule has 33 heavy (non-hydrogen) atoms. The molecule has 0 aliphatic heterocycles. The van der Waals surface area contributed by atoms with Crippen LogP contribution in [0.3, 0.4) is 0 Å². The lowest BCUT2D eigenvalue weighted by Gasteiger charge is -2.40. The molecule has 0 unspecified atom stereocenters. The van der Waals surface area contributed by atoms with Gasteiger partial charge < -0.3 is 19.5 Å². The molecule has 0 aliphatic rings. The van der Waals surface area contributed by atoms with Gasteiger partial charge in [0, 0.05) is 17.5 Å². The minimum absolute atomic E-state index is 0.0415. The highest BCUT2D eigenvalue weighted by Gasteiger charge is 2.40. The first-order valence-corrected chi connectivity index (χ1v) is 15.0. The van der Waals surface area contributed by atoms with Crippen molar-refractivity contribution in [3.63, 3.8) is 0 Å². The number of nitrogens with zero attached hydrogens (tertiary/aromatic N) is 2. The molecule has 2 atom stereocenters. The van der Waals surface area contributed by atoms with Gasteiger partial charge in [0.1, 0.15) is 11.4 Å². The minimum Gasteiger partial charge on any atom is -0.493 e. The van der Waals surface area contributed by atoms with E-state index in [4.69, 9.17) is 14.9 Å². The lowest BCUT2D eigenvalue weighted by Crippen LogP contribution is -2.45. The molecule has 6 nitrogen and oxygen atoms in total. The topological polar surface area (TPSA) is 79.4 Å². The molecule has 0 saturated carbocycles. The zero-order valence-electron chi connectivity index (χ0n) is 20.4. The summed E-state index contributed by atoms with van der Waals surface area (Å²) in [6, 6.07) is 12.3. The van der Waals surface area contributed by atoms with Crippen molar-refractivity contribution in [3.8, 4) is 16.2 Å². The Morgan fingerprint density at radius 2 is 2.00 bits per heavy atom. The first-order valence-electron chi connectivity index (χ1n) is 11.3. The van der Waals surface area contributed by atoms with Gasteiger partial charge in [-0.15, -0.1) is 11.3 Å². The lowest BCUT2D eigenvalue weighted by atomic mass is 10.1. The largest absolute Gasteiger partial charge is 0.493 e. The van der Waals surface area contributed by atoms with E-state index in [-0.39, 0.29) is 22.9 Å². The Morgan fingerprint density at radius 3 is 2.61 bits per heavy atom. The smallest absolute Gasteiger partial charge is 0.268 e. The van der Waals surface area contributed by atoms with Gasteiger partial charge in [0.05, 0.1) is 25.1 Å². The number of primary amides is 1. The second-order valence-electron chi connectivity index (χ2n) is 9.86. The van der Waals surface area contributed by atoms with E-state index in [0.29, 0.717) is 13.0 Å². The molecule has 0 radical (unpaired) electrons. The Balaban J connectivity index is 1.74. The first kappa shape index (κ1) is 25.2. The predicted molar refractivity (Wildman–Crippen MR) is 137 cm³/mol. The van der Waals surface area contributed by atoms with Crippen molar-refractivity contribution in [3.05, 3.63) is 60.0 Å². The average Bonchev–Trinajstić information content (AvgIpc) is 3.42. The molecular weight excluding hydrogens is 450 g/mol. The monoisotopic (exact) mass is 485 g/mol. The Kier molecular flexibility index (Phi) is 7.82. The highest BCUT2D eigenvalue weighted by Crippen LogP contribution is 2.39. The van der Waals surface area contributed by atoms with E-state index in [1.54, 1.807) is 23.9 Å². The van der Waals surface area contributed by atoms with Crippen molar-refractivity contribution in [2.45, 2.75) is 64.4 Å². The molecular formula is C25H35N3O3SSi. The van der Waals surface area contributed by atoms with Crippen LogP contribution in [0.2, 0.25) is 18.1 Å². The molecule has 0 saturated heterocycles. The fraction of sp³-hybridized carbons (Fsp3) is 0.440. The van der Waals surface area contributed by atoms with Crippen LogP contribution >= 0.6 is 11.3 Å². The fourth-order valence-corrected chi connectivity index (χ4v) is 5.64. The molecule has 0 aliphatic carbocycles. The number of aromatic nitrogens is 2. The number of carbonyl (C=O) groups excluding carboxylic acids is 1. The van der Waals surface area contributed by atoms with Gasteiger partial charge >= 0.3 is 0 Å². The van der Waals surface area contributed by atoms with Crippen LogP contribution in [0.4, 0.5) is 0 Å². The highest BCUT2D eigenvalue weighted by molar-refractivity contribution is 7.13. The van der Waals surface area contributed by atoms with E-state index >= 15 is 0 Å². The molecule has 1 amide bonds. The van der Waals surface area contributed by atoms with Crippen LogP contribution in [0.25, 0.3) is 10.4 Å². The Morgan fingerprint density at radius 1 is 1.24 bits per heavy atom. The zero-order valence-corrected chi connectivity index (χ0v) is 22.2. The van der Waals surface area contributed by atoms with Gasteiger partial charge in [-0.2, -0.15) is 0 Å². The molecule has 3 rings (SSSR count). The summed E-state index contributed by atoms with van der Waals surface area (Å²) in [6.07, 6.45) is 3.99. The summed E-state index contributed by atoms with van der Waals surface area (Å²) in [7, 11) is -1.99. The molecule has 2 N–H and O–H groups in total. The molecule has 3 aromatic rings. The third-order valence-corrected chi connectivity index (χ3v) is 11.9. The van der Waals surface area contributed by atoms with Crippen LogP contribution < -0.4 is 10.5 Å². The molecule has 0 fully saturated rings. The van der Waals surface area contributed by atoms with Gasteiger partial charge in [-0.1, -0.05) is 39.0 Å². The molecule has 2 aromatic heterocycles. The lowest BCUT2D eigenvalue weighted by molar-refractivity contribution is 0.0994. The highest BCUT2D eigenvalue weighted by atomic mass is 32.1. The Hall–Kier alpha value is -2.42. The number of rotatable bonds is 10. The second-order valence-corrected chi connectivity index (χ2v) is 15.6. The van der Waals surface area contributed by atoms with Crippen molar-refractivity contribution in [1.29, 1.82) is 0 Å². The van der Waals surface area contributed by atoms with Crippen molar-refractivity contribution in [1.82, 2.24) is 9.55 Å². The first-order chi connectivity index (χ1) is 15.5. The maximum atomic E-state index is 11.6. The van der Waals surface area contributed by atoms with Crippen molar-refractivity contribution < 1.29 is 14.0 Å². The summed E-state index contributed by atoms with van der Waals surface area (Å²) in [6.45, 7) is 13.8. The molecule has 8 heteroatoms. The van der Waals surface area contributed by atoms with Crippen LogP contribution in [-0.2, 0) is 4.43 Å². The number of carbonyl (C=O) groups is 1. The van der Waals surface area contributed by atoms with Crippen LogP contribution in [0.15, 0.2) is 54.3 Å². The van der Waals surface area contributed by atoms with Gasteiger partial charge in [0.2, 0.25) is 0 Å². The number of thiophene rings is 1. The number of amides is 1. The van der Waals surface area contributed by atoms with Gasteiger partial charge in [-0.05, 0) is 54.2 Å². The van der Waals surface area contributed by atoms with Crippen molar-refractivity contribution in [2.75, 3.05) is 6.61 Å². The maximum absolute atomic E-state index is 11.6. The number of nitrogens with two attached hydrogens (primary N) is 1. The normalized spacial score (nSPS) is 14.1. The summed E-state index contributed by atoms with van der Waals surface area (Å²) in [5, 5.41) is 2.17. The molecule has 1 aromatic carbocycles. The zero-order chi connectivity index (χ0) is 24.2. The molecule has 178 valence electrons. The van der Waals surface area contributed by atoms with E-state index in [1.807, 2.05) is 22.8 Å². The maximum Gasteiger partial charge on any atom is 0.268 e. The Labute approximate surface area is 201 Å². The summed E-state index contributed by atoms with van der Waals surface area (Å²) < 4.78 is 14.7. The minimum atomic E-state index is -1.99. The second kappa shape index (κ2) is 10.2. The van der Waals surface area contributed by atoms with Gasteiger partial charge in [-0.25, -0.2) is 4.98 Å². The molecule has 2 heterocycles.